The number of thiophene rings is 1. The van der Waals surface area contributed by atoms with Crippen molar-refractivity contribution in [1.29, 1.82) is 0 Å². The molecule has 0 radical (unpaired) electrons. The minimum atomic E-state index is -0.117. The van der Waals surface area contributed by atoms with Gasteiger partial charge in [-0.3, -0.25) is 4.79 Å². The SMILES string of the molecule is CCOc1ccc(OCC(=O)NCCc2csc3ccccc23)cc1. The highest BCUT2D eigenvalue weighted by atomic mass is 32.1. The quantitative estimate of drug-likeness (QED) is 0.663. The fraction of sp³-hybridized carbons (Fsp3) is 0.250. The van der Waals surface area contributed by atoms with E-state index in [-0.39, 0.29) is 12.5 Å². The Morgan fingerprint density at radius 1 is 1.04 bits per heavy atom. The van der Waals surface area contributed by atoms with Crippen LogP contribution in [-0.4, -0.2) is 25.7 Å². The van der Waals surface area contributed by atoms with E-state index < -0.39 is 0 Å². The van der Waals surface area contributed by atoms with Gasteiger partial charge in [0.2, 0.25) is 0 Å². The highest BCUT2D eigenvalue weighted by Crippen LogP contribution is 2.25. The molecule has 3 rings (SSSR count). The summed E-state index contributed by atoms with van der Waals surface area (Å²) in [4.78, 5) is 11.9. The Labute approximate surface area is 151 Å². The van der Waals surface area contributed by atoms with Gasteiger partial charge in [0.1, 0.15) is 11.5 Å². The van der Waals surface area contributed by atoms with Crippen LogP contribution >= 0.6 is 11.3 Å². The van der Waals surface area contributed by atoms with E-state index in [0.29, 0.717) is 18.9 Å². The molecule has 130 valence electrons. The maximum absolute atomic E-state index is 11.9. The van der Waals surface area contributed by atoms with Crippen LogP contribution in [0.1, 0.15) is 12.5 Å². The van der Waals surface area contributed by atoms with Gasteiger partial charge in [0.15, 0.2) is 6.61 Å². The van der Waals surface area contributed by atoms with Crippen LogP contribution in [0.25, 0.3) is 10.1 Å². The van der Waals surface area contributed by atoms with Crippen molar-refractivity contribution >= 4 is 27.3 Å². The van der Waals surface area contributed by atoms with Gasteiger partial charge >= 0.3 is 0 Å². The summed E-state index contributed by atoms with van der Waals surface area (Å²) in [5, 5.41) is 6.33. The summed E-state index contributed by atoms with van der Waals surface area (Å²) in [7, 11) is 0. The predicted molar refractivity (Wildman–Crippen MR) is 102 cm³/mol. The molecule has 0 fully saturated rings. The third kappa shape index (κ3) is 4.73. The molecule has 4 nitrogen and oxygen atoms in total. The maximum Gasteiger partial charge on any atom is 0.257 e. The molecule has 0 aliphatic carbocycles. The van der Waals surface area contributed by atoms with Crippen LogP contribution in [0.2, 0.25) is 0 Å². The van der Waals surface area contributed by atoms with Crippen LogP contribution in [0.3, 0.4) is 0 Å². The topological polar surface area (TPSA) is 47.6 Å². The molecule has 0 unspecified atom stereocenters. The largest absolute Gasteiger partial charge is 0.494 e. The van der Waals surface area contributed by atoms with Gasteiger partial charge in [-0.15, -0.1) is 11.3 Å². The Morgan fingerprint density at radius 3 is 2.52 bits per heavy atom. The molecule has 0 spiro atoms. The molecule has 2 aromatic carbocycles. The van der Waals surface area contributed by atoms with Crippen molar-refractivity contribution in [3.63, 3.8) is 0 Å². The Morgan fingerprint density at radius 2 is 1.76 bits per heavy atom. The highest BCUT2D eigenvalue weighted by Gasteiger charge is 2.06. The molecule has 1 N–H and O–H groups in total. The van der Waals surface area contributed by atoms with Crippen LogP contribution < -0.4 is 14.8 Å². The van der Waals surface area contributed by atoms with Crippen LogP contribution in [0.15, 0.2) is 53.9 Å². The third-order valence-electron chi connectivity index (χ3n) is 3.78. The first kappa shape index (κ1) is 17.3. The second kappa shape index (κ2) is 8.53. The van der Waals surface area contributed by atoms with E-state index >= 15 is 0 Å². The first-order valence-corrected chi connectivity index (χ1v) is 9.21. The summed E-state index contributed by atoms with van der Waals surface area (Å²) in [6.45, 7) is 3.18. The molecule has 0 aliphatic rings. The van der Waals surface area contributed by atoms with Crippen LogP contribution in [0.5, 0.6) is 11.5 Å². The average Bonchev–Trinajstić information content (AvgIpc) is 3.05. The summed E-state index contributed by atoms with van der Waals surface area (Å²) in [6.07, 6.45) is 0.818. The van der Waals surface area contributed by atoms with Gasteiger partial charge in [-0.25, -0.2) is 0 Å². The normalized spacial score (nSPS) is 10.6. The Kier molecular flexibility index (Phi) is 5.90. The summed E-state index contributed by atoms with van der Waals surface area (Å²) >= 11 is 1.74. The molecule has 3 aromatic rings. The van der Waals surface area contributed by atoms with Gasteiger partial charge in [0, 0.05) is 11.2 Å². The minimum absolute atomic E-state index is 0.0123. The smallest absolute Gasteiger partial charge is 0.257 e. The number of hydrogen-bond acceptors (Lipinski definition) is 4. The Hall–Kier alpha value is -2.53. The summed E-state index contributed by atoms with van der Waals surface area (Å²) in [5.41, 5.74) is 1.27. The molecule has 0 saturated heterocycles. The summed E-state index contributed by atoms with van der Waals surface area (Å²) < 4.78 is 12.1. The highest BCUT2D eigenvalue weighted by molar-refractivity contribution is 7.17. The van der Waals surface area contributed by atoms with E-state index in [4.69, 9.17) is 9.47 Å². The maximum atomic E-state index is 11.9. The number of carbonyl (C=O) groups excluding carboxylic acids is 1. The predicted octanol–water partition coefficient (Wildman–Crippen LogP) is 4.04. The monoisotopic (exact) mass is 355 g/mol. The molecule has 1 aromatic heterocycles. The number of amides is 1. The molecular weight excluding hydrogens is 334 g/mol. The fourth-order valence-electron chi connectivity index (χ4n) is 2.56. The van der Waals surface area contributed by atoms with E-state index in [1.165, 1.54) is 15.6 Å². The zero-order chi connectivity index (χ0) is 17.5. The van der Waals surface area contributed by atoms with Gasteiger partial charge in [-0.05, 0) is 60.0 Å². The van der Waals surface area contributed by atoms with E-state index in [0.717, 1.165) is 12.2 Å². The van der Waals surface area contributed by atoms with Crippen LogP contribution in [0, 0.1) is 0 Å². The van der Waals surface area contributed by atoms with Gasteiger partial charge in [-0.2, -0.15) is 0 Å². The zero-order valence-corrected chi connectivity index (χ0v) is 15.0. The van der Waals surface area contributed by atoms with E-state index in [1.54, 1.807) is 23.5 Å². The van der Waals surface area contributed by atoms with Crippen LogP contribution in [-0.2, 0) is 11.2 Å². The number of fused-ring (bicyclic) bond motifs is 1. The summed E-state index contributed by atoms with van der Waals surface area (Å²) in [5.74, 6) is 1.33. The lowest BCUT2D eigenvalue weighted by Gasteiger charge is -2.08. The third-order valence-corrected chi connectivity index (χ3v) is 4.79. The van der Waals surface area contributed by atoms with Gasteiger partial charge < -0.3 is 14.8 Å². The second-order valence-electron chi connectivity index (χ2n) is 5.55. The zero-order valence-electron chi connectivity index (χ0n) is 14.2. The number of nitrogens with one attached hydrogen (secondary N) is 1. The lowest BCUT2D eigenvalue weighted by atomic mass is 10.1. The first-order chi connectivity index (χ1) is 12.3. The second-order valence-corrected chi connectivity index (χ2v) is 6.46. The molecule has 0 atom stereocenters. The average molecular weight is 355 g/mol. The fourth-order valence-corrected chi connectivity index (χ4v) is 3.56. The van der Waals surface area contributed by atoms with Crippen molar-refractivity contribution in [3.8, 4) is 11.5 Å². The lowest BCUT2D eigenvalue weighted by Crippen LogP contribution is -2.30. The van der Waals surface area contributed by atoms with Crippen molar-refractivity contribution in [2.24, 2.45) is 0 Å². The molecule has 1 heterocycles. The Bertz CT molecular complexity index is 826. The van der Waals surface area contributed by atoms with Crippen molar-refractivity contribution in [3.05, 3.63) is 59.5 Å². The van der Waals surface area contributed by atoms with Crippen molar-refractivity contribution < 1.29 is 14.3 Å². The van der Waals surface area contributed by atoms with E-state index in [1.807, 2.05) is 31.2 Å². The molecule has 0 bridgehead atoms. The number of hydrogen-bond donors (Lipinski definition) is 1. The standard InChI is InChI=1S/C20H21NO3S/c1-2-23-16-7-9-17(10-8-16)24-13-20(22)21-12-11-15-14-25-19-6-4-3-5-18(15)19/h3-10,14H,2,11-13H2,1H3,(H,21,22). The van der Waals surface area contributed by atoms with Gasteiger partial charge in [-0.1, -0.05) is 18.2 Å². The molecule has 25 heavy (non-hydrogen) atoms. The van der Waals surface area contributed by atoms with Crippen molar-refractivity contribution in [1.82, 2.24) is 5.32 Å². The summed E-state index contributed by atoms with van der Waals surface area (Å²) in [6, 6.07) is 15.6. The number of benzene rings is 2. The van der Waals surface area contributed by atoms with Crippen molar-refractivity contribution in [2.75, 3.05) is 19.8 Å². The molecular formula is C20H21NO3S. The minimum Gasteiger partial charge on any atom is -0.494 e. The molecule has 0 saturated carbocycles. The Balaban J connectivity index is 1.42. The van der Waals surface area contributed by atoms with Crippen molar-refractivity contribution in [2.45, 2.75) is 13.3 Å². The number of rotatable bonds is 8. The van der Waals surface area contributed by atoms with Gasteiger partial charge in [0.25, 0.3) is 5.91 Å². The first-order valence-electron chi connectivity index (χ1n) is 8.33. The van der Waals surface area contributed by atoms with Gasteiger partial charge in [0.05, 0.1) is 6.61 Å². The number of ether oxygens (including phenoxy) is 2. The molecule has 0 aliphatic heterocycles. The lowest BCUT2D eigenvalue weighted by molar-refractivity contribution is -0.123. The number of carbonyl (C=O) groups is 1. The van der Waals surface area contributed by atoms with E-state index in [9.17, 15) is 4.79 Å². The molecule has 5 heteroatoms. The molecule has 1 amide bonds. The van der Waals surface area contributed by atoms with E-state index in [2.05, 4.69) is 22.8 Å². The van der Waals surface area contributed by atoms with Crippen LogP contribution in [0.4, 0.5) is 0 Å².